The lowest BCUT2D eigenvalue weighted by atomic mass is 10.2. The third-order valence-corrected chi connectivity index (χ3v) is 3.58. The minimum atomic E-state index is -0.872. The lowest BCUT2D eigenvalue weighted by molar-refractivity contribution is -0.146. The monoisotopic (exact) mass is 284 g/mol. The Bertz CT molecular complexity index is 413. The third kappa shape index (κ3) is 2.55. The summed E-state index contributed by atoms with van der Waals surface area (Å²) in [4.78, 5) is 11.0. The van der Waals surface area contributed by atoms with Crippen molar-refractivity contribution < 1.29 is 14.6 Å². The normalized spacial score (nSPS) is 16.9. The van der Waals surface area contributed by atoms with Crippen molar-refractivity contribution >= 4 is 21.9 Å². The number of ether oxygens (including phenoxy) is 1. The van der Waals surface area contributed by atoms with Gasteiger partial charge in [0.2, 0.25) is 0 Å². The zero-order chi connectivity index (χ0) is 11.7. The quantitative estimate of drug-likeness (QED) is 0.925. The molecule has 1 aliphatic carbocycles. The summed E-state index contributed by atoms with van der Waals surface area (Å²) in [6.07, 6.45) is 1.21. The predicted octanol–water partition coefficient (Wildman–Crippen LogP) is 3.00. The van der Waals surface area contributed by atoms with E-state index in [2.05, 4.69) is 15.9 Å². The van der Waals surface area contributed by atoms with Gasteiger partial charge in [0.1, 0.15) is 5.75 Å². The molecule has 0 radical (unpaired) electrons. The van der Waals surface area contributed by atoms with E-state index >= 15 is 0 Å². The first-order valence-electron chi connectivity index (χ1n) is 5.23. The lowest BCUT2D eigenvalue weighted by Crippen LogP contribution is -2.29. The van der Waals surface area contributed by atoms with Crippen LogP contribution >= 0.6 is 15.9 Å². The molecule has 0 heterocycles. The van der Waals surface area contributed by atoms with Gasteiger partial charge in [-0.1, -0.05) is 15.9 Å². The fraction of sp³-hybridized carbons (Fsp3) is 0.417. The molecule has 4 heteroatoms. The van der Waals surface area contributed by atoms with Gasteiger partial charge >= 0.3 is 5.97 Å². The van der Waals surface area contributed by atoms with E-state index in [0.717, 1.165) is 22.9 Å². The number of carboxylic acid groups (broad SMARTS) is 1. The molecule has 16 heavy (non-hydrogen) atoms. The van der Waals surface area contributed by atoms with Gasteiger partial charge in [-0.25, -0.2) is 4.79 Å². The maximum absolute atomic E-state index is 11.0. The van der Waals surface area contributed by atoms with Crippen molar-refractivity contribution in [1.82, 2.24) is 0 Å². The molecule has 0 amide bonds. The van der Waals surface area contributed by atoms with E-state index in [1.54, 1.807) is 6.07 Å². The van der Waals surface area contributed by atoms with E-state index in [1.807, 2.05) is 19.1 Å². The first-order chi connectivity index (χ1) is 7.58. The van der Waals surface area contributed by atoms with E-state index in [0.29, 0.717) is 5.75 Å². The van der Waals surface area contributed by atoms with Crippen molar-refractivity contribution in [2.24, 2.45) is 5.92 Å². The van der Waals surface area contributed by atoms with E-state index in [-0.39, 0.29) is 5.92 Å². The van der Waals surface area contributed by atoms with Crippen LogP contribution in [0.2, 0.25) is 0 Å². The van der Waals surface area contributed by atoms with Crippen molar-refractivity contribution in [2.75, 3.05) is 0 Å². The number of hydrogen-bond donors (Lipinski definition) is 1. The minimum Gasteiger partial charge on any atom is -0.478 e. The topological polar surface area (TPSA) is 46.5 Å². The Balaban J connectivity index is 2.12. The molecule has 1 unspecified atom stereocenters. The molecule has 1 N–H and O–H groups in total. The molecule has 1 aliphatic rings. The van der Waals surface area contributed by atoms with E-state index in [4.69, 9.17) is 9.84 Å². The zero-order valence-corrected chi connectivity index (χ0v) is 10.5. The number of aliphatic carboxylic acids is 1. The largest absolute Gasteiger partial charge is 0.478 e. The second-order valence-corrected chi connectivity index (χ2v) is 4.98. The molecular formula is C12H13BrO3. The van der Waals surface area contributed by atoms with Gasteiger partial charge in [0.15, 0.2) is 6.10 Å². The van der Waals surface area contributed by atoms with Gasteiger partial charge in [0, 0.05) is 10.4 Å². The fourth-order valence-corrected chi connectivity index (χ4v) is 1.83. The zero-order valence-electron chi connectivity index (χ0n) is 8.94. The lowest BCUT2D eigenvalue weighted by Gasteiger charge is -2.14. The molecule has 3 nitrogen and oxygen atoms in total. The Labute approximate surface area is 103 Å². The Morgan fingerprint density at radius 3 is 2.75 bits per heavy atom. The Hall–Kier alpha value is -1.03. The Kier molecular flexibility index (Phi) is 3.19. The van der Waals surface area contributed by atoms with Crippen LogP contribution in [0.5, 0.6) is 5.75 Å². The maximum atomic E-state index is 11.0. The molecule has 0 aromatic heterocycles. The summed E-state index contributed by atoms with van der Waals surface area (Å²) in [5, 5.41) is 9.03. The highest BCUT2D eigenvalue weighted by Gasteiger charge is 2.38. The van der Waals surface area contributed by atoms with Gasteiger partial charge in [-0.05, 0) is 43.5 Å². The van der Waals surface area contributed by atoms with Gasteiger partial charge < -0.3 is 9.84 Å². The van der Waals surface area contributed by atoms with Gasteiger partial charge in [-0.2, -0.15) is 0 Å². The van der Waals surface area contributed by atoms with E-state index in [9.17, 15) is 4.79 Å². The van der Waals surface area contributed by atoms with Crippen molar-refractivity contribution in [3.05, 3.63) is 28.2 Å². The third-order valence-electron chi connectivity index (χ3n) is 2.69. The summed E-state index contributed by atoms with van der Waals surface area (Å²) in [5.74, 6) is -0.0653. The van der Waals surface area contributed by atoms with Gasteiger partial charge in [-0.15, -0.1) is 0 Å². The van der Waals surface area contributed by atoms with Crippen LogP contribution in [-0.4, -0.2) is 17.2 Å². The molecule has 1 saturated carbocycles. The van der Waals surface area contributed by atoms with Gasteiger partial charge in [0.05, 0.1) is 0 Å². The van der Waals surface area contributed by atoms with Crippen LogP contribution in [-0.2, 0) is 4.79 Å². The van der Waals surface area contributed by atoms with Gasteiger partial charge in [0.25, 0.3) is 0 Å². The van der Waals surface area contributed by atoms with E-state index in [1.165, 1.54) is 0 Å². The smallest absolute Gasteiger partial charge is 0.345 e. The van der Waals surface area contributed by atoms with Crippen molar-refractivity contribution in [2.45, 2.75) is 25.9 Å². The maximum Gasteiger partial charge on any atom is 0.345 e. The van der Waals surface area contributed by atoms with Crippen molar-refractivity contribution in [1.29, 1.82) is 0 Å². The molecule has 0 aliphatic heterocycles. The molecule has 0 spiro atoms. The molecule has 0 bridgehead atoms. The van der Waals surface area contributed by atoms with Crippen molar-refractivity contribution in [3.8, 4) is 5.75 Å². The predicted molar refractivity (Wildman–Crippen MR) is 63.7 cm³/mol. The number of halogens is 1. The molecule has 1 aromatic carbocycles. The molecule has 1 aromatic rings. The molecule has 1 fully saturated rings. The highest BCUT2D eigenvalue weighted by Crippen LogP contribution is 2.35. The summed E-state index contributed by atoms with van der Waals surface area (Å²) in [5.41, 5.74) is 1.04. The highest BCUT2D eigenvalue weighted by atomic mass is 79.9. The van der Waals surface area contributed by atoms with Crippen LogP contribution in [0.4, 0.5) is 0 Å². The second-order valence-electron chi connectivity index (χ2n) is 4.13. The SMILES string of the molecule is Cc1cc(OC(C(=O)O)C2CC2)ccc1Br. The molecule has 2 rings (SSSR count). The van der Waals surface area contributed by atoms with Gasteiger partial charge in [-0.3, -0.25) is 0 Å². The number of rotatable bonds is 4. The average molecular weight is 285 g/mol. The number of carboxylic acids is 1. The molecule has 1 atom stereocenters. The fourth-order valence-electron chi connectivity index (χ4n) is 1.58. The molecule has 0 saturated heterocycles. The summed E-state index contributed by atoms with van der Waals surface area (Å²) in [6.45, 7) is 1.95. The summed E-state index contributed by atoms with van der Waals surface area (Å²) >= 11 is 3.39. The Morgan fingerprint density at radius 2 is 2.25 bits per heavy atom. The van der Waals surface area contributed by atoms with Crippen LogP contribution in [0.3, 0.4) is 0 Å². The van der Waals surface area contributed by atoms with Crippen LogP contribution in [0.25, 0.3) is 0 Å². The number of aryl methyl sites for hydroxylation is 1. The van der Waals surface area contributed by atoms with Crippen LogP contribution < -0.4 is 4.74 Å². The summed E-state index contributed by atoms with van der Waals surface area (Å²) in [6, 6.07) is 5.51. The van der Waals surface area contributed by atoms with Crippen LogP contribution in [0, 0.1) is 12.8 Å². The summed E-state index contributed by atoms with van der Waals surface area (Å²) in [7, 11) is 0. The molecule has 86 valence electrons. The highest BCUT2D eigenvalue weighted by molar-refractivity contribution is 9.10. The summed E-state index contributed by atoms with van der Waals surface area (Å²) < 4.78 is 6.51. The standard InChI is InChI=1S/C12H13BrO3/c1-7-6-9(4-5-10(7)13)16-11(12(14)15)8-2-3-8/h4-6,8,11H,2-3H2,1H3,(H,14,15). The van der Waals surface area contributed by atoms with Crippen molar-refractivity contribution in [3.63, 3.8) is 0 Å². The number of hydrogen-bond acceptors (Lipinski definition) is 2. The van der Waals surface area contributed by atoms with Crippen LogP contribution in [0.15, 0.2) is 22.7 Å². The van der Waals surface area contributed by atoms with E-state index < -0.39 is 12.1 Å². The first kappa shape index (κ1) is 11.5. The number of benzene rings is 1. The Morgan fingerprint density at radius 1 is 1.56 bits per heavy atom. The minimum absolute atomic E-state index is 0.182. The number of carbonyl (C=O) groups is 1. The molecular weight excluding hydrogens is 272 g/mol. The second kappa shape index (κ2) is 4.45. The first-order valence-corrected chi connectivity index (χ1v) is 6.03. The van der Waals surface area contributed by atoms with Crippen LogP contribution in [0.1, 0.15) is 18.4 Å². The average Bonchev–Trinajstić information content (AvgIpc) is 3.03.